The molecule has 4 atom stereocenters. The molecule has 0 spiro atoms. The molecule has 1 aromatic rings. The first-order chi connectivity index (χ1) is 18.5. The van der Waals surface area contributed by atoms with Gasteiger partial charge in [-0.15, -0.1) is 0 Å². The van der Waals surface area contributed by atoms with E-state index in [0.717, 1.165) is 12.8 Å². The molecule has 0 fully saturated rings. The Kier molecular flexibility index (Phi) is 15.8. The summed E-state index contributed by atoms with van der Waals surface area (Å²) in [6.07, 6.45) is 1.61. The molecule has 0 radical (unpaired) electrons. The molecule has 10 nitrogen and oxygen atoms in total. The summed E-state index contributed by atoms with van der Waals surface area (Å²) >= 11 is 0. The van der Waals surface area contributed by atoms with Crippen LogP contribution in [0.5, 0.6) is 11.5 Å². The Morgan fingerprint density at radius 3 is 2.00 bits per heavy atom. The SMILES string of the molecule is CCCOC(=O)OC(C)CN[C@@H](Cc1ccc(OC(=O)CC(C)CC)c(OC(=O)CC(C)CC)c1)C(=O)OC. The summed E-state index contributed by atoms with van der Waals surface area (Å²) in [4.78, 5) is 49.2. The van der Waals surface area contributed by atoms with E-state index in [1.807, 2.05) is 34.6 Å². The molecule has 1 aromatic carbocycles. The zero-order valence-electron chi connectivity index (χ0n) is 24.4. The first-order valence-corrected chi connectivity index (χ1v) is 13.7. The quantitative estimate of drug-likeness (QED) is 0.209. The minimum atomic E-state index is -0.782. The Morgan fingerprint density at radius 2 is 1.46 bits per heavy atom. The second kappa shape index (κ2) is 18.2. The van der Waals surface area contributed by atoms with Crippen molar-refractivity contribution in [1.82, 2.24) is 5.32 Å². The highest BCUT2D eigenvalue weighted by molar-refractivity contribution is 5.77. The molecule has 0 heterocycles. The van der Waals surface area contributed by atoms with E-state index in [1.165, 1.54) is 7.11 Å². The van der Waals surface area contributed by atoms with Crippen molar-refractivity contribution in [2.45, 2.75) is 92.2 Å². The maximum Gasteiger partial charge on any atom is 0.508 e. The van der Waals surface area contributed by atoms with Crippen LogP contribution in [0.3, 0.4) is 0 Å². The van der Waals surface area contributed by atoms with Gasteiger partial charge in [0.2, 0.25) is 0 Å². The van der Waals surface area contributed by atoms with Gasteiger partial charge >= 0.3 is 24.1 Å². The second-order valence-corrected chi connectivity index (χ2v) is 9.88. The summed E-state index contributed by atoms with van der Waals surface area (Å²) in [7, 11) is 1.28. The summed E-state index contributed by atoms with van der Waals surface area (Å²) in [6.45, 7) is 11.9. The number of benzene rings is 1. The van der Waals surface area contributed by atoms with Crippen LogP contribution in [-0.4, -0.2) is 56.5 Å². The van der Waals surface area contributed by atoms with Crippen LogP contribution in [0.1, 0.15) is 79.2 Å². The van der Waals surface area contributed by atoms with Gasteiger partial charge in [0.25, 0.3) is 0 Å². The van der Waals surface area contributed by atoms with E-state index in [0.29, 0.717) is 12.0 Å². The topological polar surface area (TPSA) is 126 Å². The van der Waals surface area contributed by atoms with E-state index in [2.05, 4.69) is 5.32 Å². The summed E-state index contributed by atoms with van der Waals surface area (Å²) in [6, 6.07) is 4.05. The van der Waals surface area contributed by atoms with Gasteiger partial charge in [-0.2, -0.15) is 0 Å². The number of carbonyl (C=O) groups excluding carboxylic acids is 4. The van der Waals surface area contributed by atoms with Crippen molar-refractivity contribution in [3.8, 4) is 11.5 Å². The fourth-order valence-corrected chi connectivity index (χ4v) is 3.38. The molecule has 0 aliphatic rings. The number of rotatable bonds is 17. The summed E-state index contributed by atoms with van der Waals surface area (Å²) < 4.78 is 26.2. The van der Waals surface area contributed by atoms with Gasteiger partial charge in [-0.3, -0.25) is 14.4 Å². The van der Waals surface area contributed by atoms with Crippen LogP contribution >= 0.6 is 0 Å². The molecule has 1 N–H and O–H groups in total. The summed E-state index contributed by atoms with van der Waals surface area (Å²) in [5.41, 5.74) is 0.641. The van der Waals surface area contributed by atoms with E-state index in [4.69, 9.17) is 23.7 Å². The van der Waals surface area contributed by atoms with Crippen LogP contribution in [0.25, 0.3) is 0 Å². The number of esters is 3. The fourth-order valence-electron chi connectivity index (χ4n) is 3.38. The van der Waals surface area contributed by atoms with Crippen molar-refractivity contribution in [2.24, 2.45) is 11.8 Å². The normalized spacial score (nSPS) is 13.9. The highest BCUT2D eigenvalue weighted by atomic mass is 16.7. The molecule has 3 unspecified atom stereocenters. The Bertz CT molecular complexity index is 933. The van der Waals surface area contributed by atoms with E-state index < -0.39 is 36.2 Å². The van der Waals surface area contributed by atoms with Crippen LogP contribution < -0.4 is 14.8 Å². The van der Waals surface area contributed by atoms with Crippen molar-refractivity contribution in [3.05, 3.63) is 23.8 Å². The van der Waals surface area contributed by atoms with Crippen LogP contribution in [-0.2, 0) is 35.0 Å². The van der Waals surface area contributed by atoms with Gasteiger partial charge in [-0.05, 0) is 49.3 Å². The zero-order chi connectivity index (χ0) is 29.4. The summed E-state index contributed by atoms with van der Waals surface area (Å²) in [5.74, 6) is -0.846. The molecule has 1 rings (SSSR count). The minimum absolute atomic E-state index is 0.109. The van der Waals surface area contributed by atoms with Crippen LogP contribution in [0.4, 0.5) is 4.79 Å². The first-order valence-electron chi connectivity index (χ1n) is 13.7. The van der Waals surface area contributed by atoms with Crippen LogP contribution in [0, 0.1) is 11.8 Å². The fraction of sp³-hybridized carbons (Fsp3) is 0.655. The van der Waals surface area contributed by atoms with Gasteiger partial charge in [0.1, 0.15) is 12.1 Å². The second-order valence-electron chi connectivity index (χ2n) is 9.88. The molecule has 39 heavy (non-hydrogen) atoms. The lowest BCUT2D eigenvalue weighted by atomic mass is 10.0. The Hall–Kier alpha value is -3.14. The maximum absolute atomic E-state index is 12.6. The molecule has 0 aliphatic carbocycles. The van der Waals surface area contributed by atoms with Gasteiger partial charge < -0.3 is 29.0 Å². The van der Waals surface area contributed by atoms with Crippen LogP contribution in [0.2, 0.25) is 0 Å². The van der Waals surface area contributed by atoms with Crippen molar-refractivity contribution in [2.75, 3.05) is 20.3 Å². The predicted molar refractivity (Wildman–Crippen MR) is 146 cm³/mol. The van der Waals surface area contributed by atoms with Crippen molar-refractivity contribution in [3.63, 3.8) is 0 Å². The lowest BCUT2D eigenvalue weighted by molar-refractivity contribution is -0.143. The molecule has 10 heteroatoms. The average Bonchev–Trinajstić information content (AvgIpc) is 2.90. The van der Waals surface area contributed by atoms with Gasteiger partial charge in [0.05, 0.1) is 13.7 Å². The van der Waals surface area contributed by atoms with E-state index in [1.54, 1.807) is 25.1 Å². The standard InChI is InChI=1S/C29H45NO9/c1-8-13-36-29(34)37-21(6)18-30-23(28(33)35-7)16-22-11-12-24(38-26(31)14-19(4)9-2)25(17-22)39-27(32)15-20(5)10-3/h11-12,17,19-21,23,30H,8-10,13-16,18H2,1-7H3/t19?,20?,21?,23-/m0/s1. The Labute approximate surface area is 232 Å². The number of hydrogen-bond donors (Lipinski definition) is 1. The molecule has 0 aromatic heterocycles. The summed E-state index contributed by atoms with van der Waals surface area (Å²) in [5, 5.41) is 3.05. The van der Waals surface area contributed by atoms with Gasteiger partial charge in [-0.1, -0.05) is 53.5 Å². The van der Waals surface area contributed by atoms with Gasteiger partial charge in [-0.25, -0.2) is 4.79 Å². The Morgan fingerprint density at radius 1 is 0.872 bits per heavy atom. The third-order valence-electron chi connectivity index (χ3n) is 6.18. The number of nitrogens with one attached hydrogen (secondary N) is 1. The number of methoxy groups -OCH3 is 1. The van der Waals surface area contributed by atoms with E-state index in [-0.39, 0.29) is 55.7 Å². The van der Waals surface area contributed by atoms with Crippen molar-refractivity contribution >= 4 is 24.1 Å². The van der Waals surface area contributed by atoms with Crippen molar-refractivity contribution in [1.29, 1.82) is 0 Å². The monoisotopic (exact) mass is 551 g/mol. The average molecular weight is 552 g/mol. The Balaban J connectivity index is 3.06. The minimum Gasteiger partial charge on any atom is -0.468 e. The third kappa shape index (κ3) is 13.5. The number of carbonyl (C=O) groups is 4. The van der Waals surface area contributed by atoms with Crippen LogP contribution in [0.15, 0.2) is 18.2 Å². The molecule has 0 saturated heterocycles. The largest absolute Gasteiger partial charge is 0.508 e. The molecular formula is C29H45NO9. The highest BCUT2D eigenvalue weighted by Crippen LogP contribution is 2.31. The first kappa shape index (κ1) is 33.9. The van der Waals surface area contributed by atoms with Crippen molar-refractivity contribution < 1.29 is 42.9 Å². The molecular weight excluding hydrogens is 506 g/mol. The zero-order valence-corrected chi connectivity index (χ0v) is 24.4. The maximum atomic E-state index is 12.6. The van der Waals surface area contributed by atoms with E-state index >= 15 is 0 Å². The third-order valence-corrected chi connectivity index (χ3v) is 6.18. The smallest absolute Gasteiger partial charge is 0.468 e. The molecule has 0 aliphatic heterocycles. The predicted octanol–water partition coefficient (Wildman–Crippen LogP) is 5.00. The number of ether oxygens (including phenoxy) is 5. The van der Waals surface area contributed by atoms with Gasteiger partial charge in [0.15, 0.2) is 11.5 Å². The molecule has 220 valence electrons. The molecule has 0 saturated carbocycles. The number of hydrogen-bond acceptors (Lipinski definition) is 10. The molecule has 0 amide bonds. The highest BCUT2D eigenvalue weighted by Gasteiger charge is 2.23. The van der Waals surface area contributed by atoms with Gasteiger partial charge in [0, 0.05) is 19.4 Å². The lowest BCUT2D eigenvalue weighted by Gasteiger charge is -2.20. The van der Waals surface area contributed by atoms with E-state index in [9.17, 15) is 19.2 Å². The molecule has 0 bridgehead atoms. The lowest BCUT2D eigenvalue weighted by Crippen LogP contribution is -2.43.